The molecule has 0 saturated heterocycles. The molecule has 4 saturated carbocycles. The van der Waals surface area contributed by atoms with Crippen molar-refractivity contribution in [3.63, 3.8) is 0 Å². The van der Waals surface area contributed by atoms with Gasteiger partial charge >= 0.3 is 0 Å². The van der Waals surface area contributed by atoms with Gasteiger partial charge < -0.3 is 0 Å². The first-order valence-corrected chi connectivity index (χ1v) is 17.3. The highest BCUT2D eigenvalue weighted by Gasteiger charge is 2.39. The van der Waals surface area contributed by atoms with Crippen LogP contribution in [0.15, 0.2) is 19.3 Å². The third-order valence-electron chi connectivity index (χ3n) is 10.0. The Bertz CT molecular complexity index is 628. The van der Waals surface area contributed by atoms with Gasteiger partial charge in [0, 0.05) is 11.1 Å². The molecular weight excluding hydrogens is 642 g/mol. The van der Waals surface area contributed by atoms with Crippen LogP contribution in [0, 0.1) is 35.5 Å². The van der Waals surface area contributed by atoms with Crippen LogP contribution in [0.25, 0.3) is 0 Å². The van der Waals surface area contributed by atoms with Crippen molar-refractivity contribution in [2.75, 3.05) is 0 Å². The van der Waals surface area contributed by atoms with Crippen molar-refractivity contribution in [1.82, 2.24) is 0 Å². The Balaban J connectivity index is 1.13. The van der Waals surface area contributed by atoms with E-state index in [-0.39, 0.29) is 0 Å². The first kappa shape index (κ1) is 27.6. The Hall–Kier alpha value is 0.610. The molecule has 192 valence electrons. The van der Waals surface area contributed by atoms with E-state index in [9.17, 15) is 4.79 Å². The lowest BCUT2D eigenvalue weighted by molar-refractivity contribution is -0.114. The fraction of sp³-hybridized carbons (Fsp3) is 0.839. The van der Waals surface area contributed by atoms with Gasteiger partial charge in [0.1, 0.15) is 0 Å². The molecule has 0 aromatic carbocycles. The molecule has 0 spiro atoms. The van der Waals surface area contributed by atoms with Crippen LogP contribution in [-0.2, 0) is 4.79 Å². The summed E-state index contributed by atoms with van der Waals surface area (Å²) in [5.74, 6) is 5.23. The van der Waals surface area contributed by atoms with Gasteiger partial charge in [0.2, 0.25) is 0 Å². The highest BCUT2D eigenvalue weighted by atomic mass is 127. The van der Waals surface area contributed by atoms with Gasteiger partial charge in [-0.15, -0.1) is 0 Å². The van der Waals surface area contributed by atoms with Gasteiger partial charge in [-0.2, -0.15) is 0 Å². The van der Waals surface area contributed by atoms with E-state index >= 15 is 0 Å². The molecule has 4 rings (SSSR count). The van der Waals surface area contributed by atoms with E-state index in [4.69, 9.17) is 0 Å². The number of ketones is 1. The molecule has 4 aliphatic rings. The van der Waals surface area contributed by atoms with Crippen molar-refractivity contribution < 1.29 is 4.79 Å². The van der Waals surface area contributed by atoms with Crippen LogP contribution in [0.5, 0.6) is 0 Å². The summed E-state index contributed by atoms with van der Waals surface area (Å²) in [6, 6.07) is 0. The van der Waals surface area contributed by atoms with Crippen molar-refractivity contribution in [1.29, 1.82) is 0 Å². The average molecular weight is 691 g/mol. The molecule has 1 nitrogen and oxygen atoms in total. The highest BCUT2D eigenvalue weighted by Crippen LogP contribution is 2.47. The van der Waals surface area contributed by atoms with Crippen LogP contribution in [0.1, 0.15) is 128 Å². The van der Waals surface area contributed by atoms with Crippen molar-refractivity contribution in [3.05, 3.63) is 19.3 Å². The lowest BCUT2D eigenvalue weighted by Crippen LogP contribution is -2.33. The standard InChI is InChI=1S/C31H48I2O/c32-21-29(27-17-25(18-27)15-7-13-23-9-3-1-4-10-23)31(34)30(22-33)28-19-26(20-28)16-8-14-24-11-5-2-6-12-24/h21-28H,1-20H2. The minimum absolute atomic E-state index is 0.389. The quantitative estimate of drug-likeness (QED) is 0.147. The van der Waals surface area contributed by atoms with Gasteiger partial charge in [-0.1, -0.05) is 148 Å². The first-order valence-electron chi connectivity index (χ1n) is 14.8. The molecular formula is C31H48I2O. The zero-order valence-corrected chi connectivity index (χ0v) is 25.7. The second-order valence-electron chi connectivity index (χ2n) is 12.4. The zero-order valence-electron chi connectivity index (χ0n) is 21.4. The van der Waals surface area contributed by atoms with Gasteiger partial charge in [-0.3, -0.25) is 4.79 Å². The van der Waals surface area contributed by atoms with Gasteiger partial charge in [0.15, 0.2) is 5.78 Å². The number of carbonyl (C=O) groups excluding carboxylic acids is 1. The molecule has 0 amide bonds. The number of allylic oxidation sites excluding steroid dienone is 2. The molecule has 34 heavy (non-hydrogen) atoms. The SMILES string of the molecule is O=C(C(=CI)C1CC(CCCC2CCCCC2)C1)C(=CI)C1CC(CCCC2CCCCC2)C1. The van der Waals surface area contributed by atoms with Crippen LogP contribution in [0.4, 0.5) is 0 Å². The minimum atomic E-state index is 0.389. The lowest BCUT2D eigenvalue weighted by Gasteiger charge is -2.40. The van der Waals surface area contributed by atoms with Gasteiger partial charge in [-0.25, -0.2) is 0 Å². The molecule has 0 atom stereocenters. The molecule has 0 aliphatic heterocycles. The second kappa shape index (κ2) is 14.5. The Morgan fingerprint density at radius 3 is 1.26 bits per heavy atom. The maximum Gasteiger partial charge on any atom is 0.186 e. The number of hydrogen-bond donors (Lipinski definition) is 0. The van der Waals surface area contributed by atoms with E-state index < -0.39 is 0 Å². The normalized spacial score (nSPS) is 31.7. The summed E-state index contributed by atoms with van der Waals surface area (Å²) >= 11 is 4.67. The fourth-order valence-electron chi connectivity index (χ4n) is 7.61. The van der Waals surface area contributed by atoms with E-state index in [2.05, 4.69) is 53.3 Å². The number of rotatable bonds is 12. The Morgan fingerprint density at radius 1 is 0.559 bits per heavy atom. The summed E-state index contributed by atoms with van der Waals surface area (Å²) in [6.45, 7) is 0. The first-order chi connectivity index (χ1) is 16.7. The summed E-state index contributed by atoms with van der Waals surface area (Å²) < 4.78 is 4.26. The summed E-state index contributed by atoms with van der Waals surface area (Å²) in [4.78, 5) is 13.5. The summed E-state index contributed by atoms with van der Waals surface area (Å²) in [7, 11) is 0. The van der Waals surface area contributed by atoms with Crippen LogP contribution in [0.3, 0.4) is 0 Å². The number of hydrogen-bond acceptors (Lipinski definition) is 1. The largest absolute Gasteiger partial charge is 0.289 e. The second-order valence-corrected chi connectivity index (χ2v) is 13.6. The third kappa shape index (κ3) is 7.81. The Morgan fingerprint density at radius 2 is 0.912 bits per heavy atom. The molecule has 0 N–H and O–H groups in total. The van der Waals surface area contributed by atoms with E-state index in [1.807, 2.05) is 0 Å². The lowest BCUT2D eigenvalue weighted by atomic mass is 9.65. The minimum Gasteiger partial charge on any atom is -0.289 e. The number of carbonyl (C=O) groups is 1. The van der Waals surface area contributed by atoms with E-state index in [0.717, 1.165) is 34.8 Å². The maximum absolute atomic E-state index is 13.5. The molecule has 3 heteroatoms. The Labute approximate surface area is 237 Å². The summed E-state index contributed by atoms with van der Waals surface area (Å²) in [6.07, 6.45) is 28.3. The van der Waals surface area contributed by atoms with Gasteiger partial charge in [0.25, 0.3) is 0 Å². The topological polar surface area (TPSA) is 17.1 Å². The molecule has 0 radical (unpaired) electrons. The third-order valence-corrected chi connectivity index (χ3v) is 11.4. The maximum atomic E-state index is 13.5. The van der Waals surface area contributed by atoms with Crippen LogP contribution >= 0.6 is 45.2 Å². The zero-order chi connectivity index (χ0) is 23.8. The van der Waals surface area contributed by atoms with Crippen molar-refractivity contribution in [2.45, 2.75) is 128 Å². The highest BCUT2D eigenvalue weighted by molar-refractivity contribution is 14.1. The number of halogens is 2. The predicted octanol–water partition coefficient (Wildman–Crippen LogP) is 10.7. The van der Waals surface area contributed by atoms with Crippen molar-refractivity contribution in [2.24, 2.45) is 35.5 Å². The summed E-state index contributed by atoms with van der Waals surface area (Å²) in [5, 5.41) is 0. The van der Waals surface area contributed by atoms with Crippen molar-refractivity contribution in [3.8, 4) is 0 Å². The molecule has 0 heterocycles. The predicted molar refractivity (Wildman–Crippen MR) is 162 cm³/mol. The van der Waals surface area contributed by atoms with Crippen LogP contribution in [0.2, 0.25) is 0 Å². The van der Waals surface area contributed by atoms with E-state index in [1.54, 1.807) is 0 Å². The van der Waals surface area contributed by atoms with Gasteiger partial charge in [0.05, 0.1) is 0 Å². The summed E-state index contributed by atoms with van der Waals surface area (Å²) in [5.41, 5.74) is 2.26. The average Bonchev–Trinajstić information content (AvgIpc) is 2.82. The molecule has 4 fully saturated rings. The molecule has 0 aromatic heterocycles. The smallest absolute Gasteiger partial charge is 0.186 e. The van der Waals surface area contributed by atoms with Crippen LogP contribution in [-0.4, -0.2) is 5.78 Å². The molecule has 0 unspecified atom stereocenters. The van der Waals surface area contributed by atoms with E-state index in [0.29, 0.717) is 17.6 Å². The van der Waals surface area contributed by atoms with E-state index in [1.165, 1.54) is 128 Å². The van der Waals surface area contributed by atoms with Gasteiger partial charge in [-0.05, 0) is 69.4 Å². The van der Waals surface area contributed by atoms with Crippen LogP contribution < -0.4 is 0 Å². The Kier molecular flexibility index (Phi) is 11.8. The fourth-order valence-corrected chi connectivity index (χ4v) is 9.19. The molecule has 4 aliphatic carbocycles. The number of Topliss-reactive ketones (excluding diaryl/α,β-unsaturated/α-hetero) is 1. The molecule has 0 aromatic rings. The monoisotopic (exact) mass is 690 g/mol. The van der Waals surface area contributed by atoms with Crippen molar-refractivity contribution >= 4 is 51.0 Å². The molecule has 0 bridgehead atoms.